The third-order valence-corrected chi connectivity index (χ3v) is 6.32. The van der Waals surface area contributed by atoms with Gasteiger partial charge in [0, 0.05) is 22.7 Å². The predicted octanol–water partition coefficient (Wildman–Crippen LogP) is 5.20. The van der Waals surface area contributed by atoms with Crippen LogP contribution >= 0.6 is 11.3 Å². The van der Waals surface area contributed by atoms with Gasteiger partial charge in [0.2, 0.25) is 5.91 Å². The van der Waals surface area contributed by atoms with Crippen molar-refractivity contribution in [3.63, 3.8) is 0 Å². The van der Waals surface area contributed by atoms with E-state index in [0.29, 0.717) is 23.4 Å². The van der Waals surface area contributed by atoms with Crippen LogP contribution in [0.4, 0.5) is 5.69 Å². The van der Waals surface area contributed by atoms with Gasteiger partial charge >= 0.3 is 0 Å². The van der Waals surface area contributed by atoms with Crippen molar-refractivity contribution in [3.8, 4) is 6.07 Å². The van der Waals surface area contributed by atoms with E-state index in [0.717, 1.165) is 10.4 Å². The molecule has 2 atom stereocenters. The molecule has 156 valence electrons. The second-order valence-corrected chi connectivity index (χ2v) is 9.04. The van der Waals surface area contributed by atoms with E-state index in [2.05, 4.69) is 25.2 Å². The van der Waals surface area contributed by atoms with Crippen molar-refractivity contribution in [1.82, 2.24) is 4.90 Å². The molecule has 0 bridgehead atoms. The van der Waals surface area contributed by atoms with Crippen molar-refractivity contribution in [2.45, 2.75) is 25.8 Å². The van der Waals surface area contributed by atoms with Crippen LogP contribution in [-0.2, 0) is 4.79 Å². The van der Waals surface area contributed by atoms with Gasteiger partial charge in [-0.3, -0.25) is 9.59 Å². The van der Waals surface area contributed by atoms with Gasteiger partial charge in [-0.2, -0.15) is 5.26 Å². The van der Waals surface area contributed by atoms with Crippen LogP contribution in [0.15, 0.2) is 66.0 Å². The summed E-state index contributed by atoms with van der Waals surface area (Å²) in [5.41, 5.74) is 2.36. The maximum absolute atomic E-state index is 13.6. The lowest BCUT2D eigenvalue weighted by Gasteiger charge is -2.42. The predicted molar refractivity (Wildman–Crippen MR) is 122 cm³/mol. The van der Waals surface area contributed by atoms with Crippen molar-refractivity contribution in [3.05, 3.63) is 87.6 Å². The number of carbonyl (C=O) groups is 2. The Morgan fingerprint density at radius 3 is 2.68 bits per heavy atom. The van der Waals surface area contributed by atoms with Crippen LogP contribution in [-0.4, -0.2) is 23.3 Å². The lowest BCUT2D eigenvalue weighted by molar-refractivity contribution is -0.119. The van der Waals surface area contributed by atoms with Crippen molar-refractivity contribution < 1.29 is 9.59 Å². The van der Waals surface area contributed by atoms with Gasteiger partial charge in [0.1, 0.15) is 0 Å². The smallest absolute Gasteiger partial charge is 0.254 e. The van der Waals surface area contributed by atoms with E-state index in [-0.39, 0.29) is 23.8 Å². The summed E-state index contributed by atoms with van der Waals surface area (Å²) >= 11 is 1.55. The molecule has 0 unspecified atom stereocenters. The number of anilines is 1. The Hall–Kier alpha value is -3.43. The fraction of sp³-hybridized carbons (Fsp3) is 0.240. The first-order valence-corrected chi connectivity index (χ1v) is 11.1. The Balaban J connectivity index is 1.81. The minimum absolute atomic E-state index is 0.0433. The molecule has 31 heavy (non-hydrogen) atoms. The molecule has 3 aromatic rings. The molecule has 1 aromatic heterocycles. The number of thiophene rings is 1. The summed E-state index contributed by atoms with van der Waals surface area (Å²) in [6, 6.07) is 19.9. The molecule has 1 aliphatic rings. The van der Waals surface area contributed by atoms with Gasteiger partial charge in [-0.15, -0.1) is 11.3 Å². The molecule has 6 heteroatoms. The summed E-state index contributed by atoms with van der Waals surface area (Å²) < 4.78 is 0. The number of amides is 2. The lowest BCUT2D eigenvalue weighted by Crippen LogP contribution is -2.47. The van der Waals surface area contributed by atoms with E-state index in [1.54, 1.807) is 41.7 Å². The number of nitrogens with zero attached hydrogens (tertiary/aromatic N) is 2. The van der Waals surface area contributed by atoms with Crippen LogP contribution in [0.2, 0.25) is 0 Å². The van der Waals surface area contributed by atoms with Crippen molar-refractivity contribution in [1.29, 1.82) is 5.26 Å². The van der Waals surface area contributed by atoms with Crippen molar-refractivity contribution in [2.24, 2.45) is 5.92 Å². The van der Waals surface area contributed by atoms with Gasteiger partial charge in [-0.25, -0.2) is 0 Å². The first-order valence-electron chi connectivity index (χ1n) is 10.2. The van der Waals surface area contributed by atoms with E-state index in [1.165, 1.54) is 0 Å². The molecule has 0 saturated heterocycles. The summed E-state index contributed by atoms with van der Waals surface area (Å²) in [5.74, 6) is -0.537. The highest BCUT2D eigenvalue weighted by atomic mass is 32.1. The van der Waals surface area contributed by atoms with Crippen molar-refractivity contribution >= 4 is 28.8 Å². The van der Waals surface area contributed by atoms with Crippen LogP contribution in [0.3, 0.4) is 0 Å². The highest BCUT2D eigenvalue weighted by molar-refractivity contribution is 7.10. The van der Waals surface area contributed by atoms with Gasteiger partial charge in [-0.05, 0) is 47.2 Å². The molecule has 2 amide bonds. The van der Waals surface area contributed by atoms with Crippen LogP contribution in [0.5, 0.6) is 0 Å². The molecular formula is C25H23N3O2S. The maximum atomic E-state index is 13.6. The van der Waals surface area contributed by atoms with E-state index < -0.39 is 5.92 Å². The van der Waals surface area contributed by atoms with E-state index in [1.807, 2.05) is 40.6 Å². The number of nitrogens with one attached hydrogen (secondary N) is 1. The molecule has 1 N–H and O–H groups in total. The molecule has 4 rings (SSSR count). The van der Waals surface area contributed by atoms with Crippen LogP contribution < -0.4 is 5.32 Å². The molecule has 2 aromatic carbocycles. The molecule has 0 fully saturated rings. The second kappa shape index (κ2) is 8.75. The van der Waals surface area contributed by atoms with Crippen molar-refractivity contribution in [2.75, 3.05) is 11.9 Å². The maximum Gasteiger partial charge on any atom is 0.254 e. The van der Waals surface area contributed by atoms with E-state index in [4.69, 9.17) is 0 Å². The van der Waals surface area contributed by atoms with Gasteiger partial charge < -0.3 is 10.2 Å². The van der Waals surface area contributed by atoms with Gasteiger partial charge in [-0.1, -0.05) is 44.2 Å². The highest BCUT2D eigenvalue weighted by Crippen LogP contribution is 2.44. The van der Waals surface area contributed by atoms with E-state index >= 15 is 0 Å². The zero-order chi connectivity index (χ0) is 22.0. The quantitative estimate of drug-likeness (QED) is 0.606. The van der Waals surface area contributed by atoms with Gasteiger partial charge in [0.15, 0.2) is 0 Å². The second-order valence-electron chi connectivity index (χ2n) is 8.06. The SMILES string of the molecule is CC(C)CN1C(=O)c2ccccc2[C@H](C(=O)Nc2cccc(C#N)c2)[C@@H]1c1cccs1. The normalized spacial score (nSPS) is 17.9. The summed E-state index contributed by atoms with van der Waals surface area (Å²) in [4.78, 5) is 29.9. The molecule has 1 aliphatic heterocycles. The highest BCUT2D eigenvalue weighted by Gasteiger charge is 2.44. The average Bonchev–Trinajstić information content (AvgIpc) is 3.29. The molecule has 0 radical (unpaired) electrons. The first-order chi connectivity index (χ1) is 15.0. The number of carbonyl (C=O) groups excluding carboxylic acids is 2. The van der Waals surface area contributed by atoms with E-state index in [9.17, 15) is 14.9 Å². The monoisotopic (exact) mass is 429 g/mol. The Morgan fingerprint density at radius 1 is 1.16 bits per heavy atom. The average molecular weight is 430 g/mol. The van der Waals surface area contributed by atoms with Crippen LogP contribution in [0.1, 0.15) is 52.2 Å². The molecule has 0 saturated carbocycles. The summed E-state index contributed by atoms with van der Waals surface area (Å²) in [7, 11) is 0. The number of hydrogen-bond acceptors (Lipinski definition) is 4. The van der Waals surface area contributed by atoms with Crippen LogP contribution in [0.25, 0.3) is 0 Å². The number of hydrogen-bond donors (Lipinski definition) is 1. The minimum atomic E-state index is -0.558. The zero-order valence-corrected chi connectivity index (χ0v) is 18.2. The third-order valence-electron chi connectivity index (χ3n) is 5.38. The first kappa shape index (κ1) is 20.8. The minimum Gasteiger partial charge on any atom is -0.329 e. The summed E-state index contributed by atoms with van der Waals surface area (Å²) in [6.07, 6.45) is 0. The molecule has 0 spiro atoms. The Bertz CT molecular complexity index is 1150. The number of fused-ring (bicyclic) bond motifs is 1. The van der Waals surface area contributed by atoms with Gasteiger partial charge in [0.25, 0.3) is 5.91 Å². The zero-order valence-electron chi connectivity index (χ0n) is 17.4. The fourth-order valence-electron chi connectivity index (χ4n) is 4.13. The Labute approximate surface area is 185 Å². The van der Waals surface area contributed by atoms with Gasteiger partial charge in [0.05, 0.1) is 23.6 Å². The molecular weight excluding hydrogens is 406 g/mol. The standard InChI is InChI=1S/C25H23N3O2S/c1-16(2)15-28-23(21-11-6-12-31-21)22(19-9-3-4-10-20(19)25(28)30)24(29)27-18-8-5-7-17(13-18)14-26/h3-13,16,22-23H,15H2,1-2H3,(H,27,29)/t22-,23-/m0/s1. The van der Waals surface area contributed by atoms with Crippen LogP contribution in [0, 0.1) is 17.2 Å². The fourth-order valence-corrected chi connectivity index (χ4v) is 5.01. The molecule has 2 heterocycles. The summed E-state index contributed by atoms with van der Waals surface area (Å²) in [5, 5.41) is 14.1. The lowest BCUT2D eigenvalue weighted by atomic mass is 9.81. The largest absolute Gasteiger partial charge is 0.329 e. The Morgan fingerprint density at radius 2 is 1.97 bits per heavy atom. The molecule has 0 aliphatic carbocycles. The topological polar surface area (TPSA) is 73.2 Å². The summed E-state index contributed by atoms with van der Waals surface area (Å²) in [6.45, 7) is 4.70. The Kier molecular flexibility index (Phi) is 5.88. The number of benzene rings is 2. The number of rotatable bonds is 5. The third kappa shape index (κ3) is 4.10. The number of nitriles is 1. The molecule has 5 nitrogen and oxygen atoms in total.